The lowest BCUT2D eigenvalue weighted by Crippen LogP contribution is -1.99. The van der Waals surface area contributed by atoms with E-state index in [0.717, 1.165) is 23.5 Å². The van der Waals surface area contributed by atoms with Crippen molar-refractivity contribution in [1.29, 1.82) is 0 Å². The summed E-state index contributed by atoms with van der Waals surface area (Å²) in [5.74, 6) is 2.85. The molecule has 3 nitrogen and oxygen atoms in total. The van der Waals surface area contributed by atoms with Crippen LogP contribution in [0.1, 0.15) is 12.3 Å². The fraction of sp³-hybridized carbons (Fsp3) is 0.308. The molecule has 2 aromatic rings. The number of oxazole rings is 1. The lowest BCUT2D eigenvalue weighted by Gasteiger charge is -1.97. The molecule has 0 aliphatic carbocycles. The first-order valence-corrected chi connectivity index (χ1v) is 6.93. The van der Waals surface area contributed by atoms with Crippen molar-refractivity contribution in [3.8, 4) is 11.3 Å². The van der Waals surface area contributed by atoms with Crippen LogP contribution in [-0.2, 0) is 5.75 Å². The van der Waals surface area contributed by atoms with Gasteiger partial charge in [-0.2, -0.15) is 11.8 Å². The van der Waals surface area contributed by atoms with Gasteiger partial charge in [0.25, 0.3) is 0 Å². The molecule has 0 aliphatic heterocycles. The highest BCUT2D eigenvalue weighted by atomic mass is 32.2. The van der Waals surface area contributed by atoms with Crippen LogP contribution in [0.5, 0.6) is 0 Å². The second kappa shape index (κ2) is 6.56. The van der Waals surface area contributed by atoms with Gasteiger partial charge < -0.3 is 10.2 Å². The summed E-state index contributed by atoms with van der Waals surface area (Å²) in [5, 5.41) is 0. The minimum absolute atomic E-state index is 0.254. The number of aromatic nitrogens is 1. The first kappa shape index (κ1) is 13.1. The van der Waals surface area contributed by atoms with Gasteiger partial charge in [-0.25, -0.2) is 9.37 Å². The van der Waals surface area contributed by atoms with Crippen molar-refractivity contribution in [2.24, 2.45) is 5.73 Å². The molecule has 0 saturated carbocycles. The molecule has 5 heteroatoms. The zero-order chi connectivity index (χ0) is 12.8. The Bertz CT molecular complexity index is 484. The van der Waals surface area contributed by atoms with E-state index in [0.29, 0.717) is 18.2 Å². The molecule has 1 heterocycles. The van der Waals surface area contributed by atoms with E-state index in [-0.39, 0.29) is 5.82 Å². The predicted molar refractivity (Wildman–Crippen MR) is 71.7 cm³/mol. The molecule has 0 aliphatic rings. The van der Waals surface area contributed by atoms with Crippen molar-refractivity contribution in [3.05, 3.63) is 42.2 Å². The highest BCUT2D eigenvalue weighted by Crippen LogP contribution is 2.22. The van der Waals surface area contributed by atoms with Gasteiger partial charge >= 0.3 is 0 Å². The van der Waals surface area contributed by atoms with Gasteiger partial charge in [0.15, 0.2) is 5.76 Å². The molecule has 0 spiro atoms. The average Bonchev–Trinajstić information content (AvgIpc) is 2.84. The highest BCUT2D eigenvalue weighted by molar-refractivity contribution is 7.98. The summed E-state index contributed by atoms with van der Waals surface area (Å²) in [6.45, 7) is 0.708. The monoisotopic (exact) mass is 266 g/mol. The molecule has 0 atom stereocenters. The number of nitrogens with two attached hydrogens (primary N) is 1. The molecule has 2 rings (SSSR count). The van der Waals surface area contributed by atoms with Crippen LogP contribution in [0.4, 0.5) is 4.39 Å². The third-order valence-electron chi connectivity index (χ3n) is 2.40. The van der Waals surface area contributed by atoms with Gasteiger partial charge in [0, 0.05) is 5.56 Å². The standard InChI is InChI=1S/C13H15FN2OS/c14-11-4-2-10(3-5-11)12-8-16-13(17-12)9-18-7-1-6-15/h2-5,8H,1,6-7,9,15H2. The van der Waals surface area contributed by atoms with Crippen molar-refractivity contribution in [3.63, 3.8) is 0 Å². The first-order valence-electron chi connectivity index (χ1n) is 5.78. The summed E-state index contributed by atoms with van der Waals surface area (Å²) >= 11 is 1.75. The Morgan fingerprint density at radius 2 is 2.06 bits per heavy atom. The predicted octanol–water partition coefficient (Wildman–Crippen LogP) is 3.06. The minimum Gasteiger partial charge on any atom is -0.440 e. The Labute approximate surface area is 110 Å². The zero-order valence-corrected chi connectivity index (χ0v) is 10.8. The van der Waals surface area contributed by atoms with Crippen LogP contribution in [0.2, 0.25) is 0 Å². The van der Waals surface area contributed by atoms with E-state index in [9.17, 15) is 4.39 Å². The van der Waals surface area contributed by atoms with E-state index in [4.69, 9.17) is 10.2 Å². The smallest absolute Gasteiger partial charge is 0.204 e. The second-order valence-corrected chi connectivity index (χ2v) is 4.93. The molecule has 1 aromatic carbocycles. The zero-order valence-electron chi connectivity index (χ0n) is 9.93. The largest absolute Gasteiger partial charge is 0.440 e. The van der Waals surface area contributed by atoms with Crippen molar-refractivity contribution < 1.29 is 8.81 Å². The third-order valence-corrected chi connectivity index (χ3v) is 3.43. The topological polar surface area (TPSA) is 52.0 Å². The van der Waals surface area contributed by atoms with Crippen LogP contribution in [0, 0.1) is 5.82 Å². The van der Waals surface area contributed by atoms with E-state index < -0.39 is 0 Å². The molecule has 0 amide bonds. The van der Waals surface area contributed by atoms with E-state index in [1.54, 1.807) is 30.1 Å². The summed E-state index contributed by atoms with van der Waals surface area (Å²) < 4.78 is 18.4. The first-order chi connectivity index (χ1) is 8.79. The van der Waals surface area contributed by atoms with Crippen LogP contribution in [0.15, 0.2) is 34.9 Å². The van der Waals surface area contributed by atoms with Gasteiger partial charge in [0.2, 0.25) is 5.89 Å². The normalized spacial score (nSPS) is 10.8. The maximum Gasteiger partial charge on any atom is 0.204 e. The quantitative estimate of drug-likeness (QED) is 0.816. The molecule has 2 N–H and O–H groups in total. The van der Waals surface area contributed by atoms with Gasteiger partial charge in [-0.3, -0.25) is 0 Å². The molecule has 1 aromatic heterocycles. The maximum absolute atomic E-state index is 12.8. The Kier molecular flexibility index (Phi) is 4.78. The highest BCUT2D eigenvalue weighted by Gasteiger charge is 2.06. The molecular formula is C13H15FN2OS. The molecular weight excluding hydrogens is 251 g/mol. The molecule has 0 radical (unpaired) electrons. The van der Waals surface area contributed by atoms with Gasteiger partial charge in [-0.15, -0.1) is 0 Å². The molecule has 0 fully saturated rings. The SMILES string of the molecule is NCCCSCc1ncc(-c2ccc(F)cc2)o1. The molecule has 0 saturated heterocycles. The Balaban J connectivity index is 1.95. The van der Waals surface area contributed by atoms with Crippen LogP contribution >= 0.6 is 11.8 Å². The van der Waals surface area contributed by atoms with Gasteiger partial charge in [0.1, 0.15) is 5.82 Å². The molecule has 18 heavy (non-hydrogen) atoms. The van der Waals surface area contributed by atoms with Crippen LogP contribution in [0.3, 0.4) is 0 Å². The molecule has 0 unspecified atom stereocenters. The lowest BCUT2D eigenvalue weighted by atomic mass is 10.2. The van der Waals surface area contributed by atoms with E-state index in [1.165, 1.54) is 12.1 Å². The second-order valence-electron chi connectivity index (χ2n) is 3.82. The summed E-state index contributed by atoms with van der Waals surface area (Å²) in [5.41, 5.74) is 6.25. The lowest BCUT2D eigenvalue weighted by molar-refractivity contribution is 0.530. The number of nitrogens with zero attached hydrogens (tertiary/aromatic N) is 1. The summed E-state index contributed by atoms with van der Waals surface area (Å²) in [4.78, 5) is 4.20. The van der Waals surface area contributed by atoms with Crippen molar-refractivity contribution in [1.82, 2.24) is 4.98 Å². The Hall–Kier alpha value is -1.33. The van der Waals surface area contributed by atoms with Gasteiger partial charge in [-0.05, 0) is 43.0 Å². The van der Waals surface area contributed by atoms with Crippen molar-refractivity contribution >= 4 is 11.8 Å². The number of thioether (sulfide) groups is 1. The Morgan fingerprint density at radius 1 is 1.28 bits per heavy atom. The number of hydrogen-bond acceptors (Lipinski definition) is 4. The fourth-order valence-corrected chi connectivity index (χ4v) is 2.29. The summed E-state index contributed by atoms with van der Waals surface area (Å²) in [6, 6.07) is 6.18. The van der Waals surface area contributed by atoms with Crippen molar-refractivity contribution in [2.75, 3.05) is 12.3 Å². The number of rotatable bonds is 6. The average molecular weight is 266 g/mol. The Morgan fingerprint density at radius 3 is 2.78 bits per heavy atom. The van der Waals surface area contributed by atoms with Crippen LogP contribution in [-0.4, -0.2) is 17.3 Å². The minimum atomic E-state index is -0.254. The third kappa shape index (κ3) is 3.58. The fourth-order valence-electron chi connectivity index (χ4n) is 1.47. The van der Waals surface area contributed by atoms with Crippen LogP contribution in [0.25, 0.3) is 11.3 Å². The van der Waals surface area contributed by atoms with E-state index in [1.807, 2.05) is 0 Å². The number of halogens is 1. The van der Waals surface area contributed by atoms with Crippen LogP contribution < -0.4 is 5.73 Å². The van der Waals surface area contributed by atoms with E-state index >= 15 is 0 Å². The molecule has 96 valence electrons. The molecule has 0 bridgehead atoms. The number of hydrogen-bond donors (Lipinski definition) is 1. The van der Waals surface area contributed by atoms with Crippen molar-refractivity contribution in [2.45, 2.75) is 12.2 Å². The summed E-state index contributed by atoms with van der Waals surface area (Å²) in [6.07, 6.45) is 2.67. The number of benzene rings is 1. The van der Waals surface area contributed by atoms with E-state index in [2.05, 4.69) is 4.98 Å². The van der Waals surface area contributed by atoms with Gasteiger partial charge in [0.05, 0.1) is 11.9 Å². The van der Waals surface area contributed by atoms with Gasteiger partial charge in [-0.1, -0.05) is 0 Å². The maximum atomic E-state index is 12.8. The summed E-state index contributed by atoms with van der Waals surface area (Å²) in [7, 11) is 0.